The van der Waals surface area contributed by atoms with E-state index in [9.17, 15) is 19.4 Å². The fraction of sp³-hybridized carbons (Fsp3) is 0.900. The summed E-state index contributed by atoms with van der Waals surface area (Å²) in [6, 6.07) is 0. The number of carbonyl (C=O) groups excluding carboxylic acids is 1. The third-order valence-electron chi connectivity index (χ3n) is 6.58. The summed E-state index contributed by atoms with van der Waals surface area (Å²) in [5.74, 6) is -0.433. The molecule has 0 aromatic heterocycles. The number of carbonyl (C=O) groups is 1. The Labute approximate surface area is 239 Å². The molecule has 0 aliphatic heterocycles. The zero-order valence-electron chi connectivity index (χ0n) is 25.6. The largest absolute Gasteiger partial charge is 0.472 e. The van der Waals surface area contributed by atoms with Crippen molar-refractivity contribution in [1.82, 2.24) is 0 Å². The minimum absolute atomic E-state index is 0.0534. The van der Waals surface area contributed by atoms with Crippen molar-refractivity contribution < 1.29 is 37.6 Å². The molecule has 0 saturated heterocycles. The molecule has 0 rings (SSSR count). The Morgan fingerprint density at radius 3 is 1.77 bits per heavy atom. The molecule has 0 radical (unpaired) electrons. The lowest BCUT2D eigenvalue weighted by Gasteiger charge is -2.24. The first kappa shape index (κ1) is 38.2. The molecule has 0 fully saturated rings. The fourth-order valence-corrected chi connectivity index (χ4v) is 4.80. The lowest BCUT2D eigenvalue weighted by molar-refractivity contribution is -0.870. The van der Waals surface area contributed by atoms with Crippen molar-refractivity contribution in [2.24, 2.45) is 0 Å². The Morgan fingerprint density at radius 2 is 1.28 bits per heavy atom. The van der Waals surface area contributed by atoms with Crippen LogP contribution in [0.2, 0.25) is 0 Å². The van der Waals surface area contributed by atoms with Crippen molar-refractivity contribution in [2.45, 2.75) is 129 Å². The Hall–Kier alpha value is -0.760. The smallest absolute Gasteiger partial charge is 0.457 e. The Morgan fingerprint density at radius 1 is 0.795 bits per heavy atom. The van der Waals surface area contributed by atoms with E-state index >= 15 is 0 Å². The normalized spacial score (nSPS) is 14.5. The van der Waals surface area contributed by atoms with E-state index in [1.807, 2.05) is 21.1 Å². The molecule has 39 heavy (non-hydrogen) atoms. The van der Waals surface area contributed by atoms with Gasteiger partial charge in [0.2, 0.25) is 0 Å². The van der Waals surface area contributed by atoms with E-state index in [0.29, 0.717) is 11.0 Å². The van der Waals surface area contributed by atoms with Crippen molar-refractivity contribution in [3.8, 4) is 0 Å². The summed E-state index contributed by atoms with van der Waals surface area (Å²) in [5.41, 5.74) is 0. The lowest BCUT2D eigenvalue weighted by Crippen LogP contribution is -2.37. The van der Waals surface area contributed by atoms with E-state index in [1.165, 1.54) is 89.9 Å². The Bertz CT molecular complexity index is 652. The number of unbranched alkanes of at least 4 members (excludes halogenated alkanes) is 15. The number of esters is 1. The van der Waals surface area contributed by atoms with Crippen LogP contribution in [0.5, 0.6) is 0 Å². The highest BCUT2D eigenvalue weighted by Gasteiger charge is 2.25. The number of aliphatic hydroxyl groups is 1. The van der Waals surface area contributed by atoms with Gasteiger partial charge in [0.1, 0.15) is 19.3 Å². The number of ether oxygens (including phenoxy) is 1. The summed E-state index contributed by atoms with van der Waals surface area (Å²) in [5, 5.41) is 9.41. The first-order chi connectivity index (χ1) is 18.6. The summed E-state index contributed by atoms with van der Waals surface area (Å²) < 4.78 is 27.5. The van der Waals surface area contributed by atoms with Crippen molar-refractivity contribution in [2.75, 3.05) is 47.5 Å². The molecule has 0 heterocycles. The van der Waals surface area contributed by atoms with E-state index in [-0.39, 0.29) is 13.0 Å². The number of phosphoric ester groups is 1. The summed E-state index contributed by atoms with van der Waals surface area (Å²) in [7, 11) is 1.55. The average molecular weight is 579 g/mol. The minimum Gasteiger partial charge on any atom is -0.457 e. The Balaban J connectivity index is 3.62. The van der Waals surface area contributed by atoms with Crippen LogP contribution < -0.4 is 0 Å². The van der Waals surface area contributed by atoms with E-state index in [1.54, 1.807) is 0 Å². The topological polar surface area (TPSA) is 102 Å². The van der Waals surface area contributed by atoms with Crippen LogP contribution >= 0.6 is 7.82 Å². The van der Waals surface area contributed by atoms with Crippen LogP contribution in [0.4, 0.5) is 0 Å². The van der Waals surface area contributed by atoms with E-state index in [4.69, 9.17) is 13.8 Å². The molecular weight excluding hydrogens is 517 g/mol. The van der Waals surface area contributed by atoms with Crippen LogP contribution in [0.25, 0.3) is 0 Å². The maximum atomic E-state index is 12.0. The predicted molar refractivity (Wildman–Crippen MR) is 160 cm³/mol. The number of nitrogens with zero attached hydrogens (tertiary/aromatic N) is 1. The molecule has 0 bridgehead atoms. The van der Waals surface area contributed by atoms with Gasteiger partial charge in [0.05, 0.1) is 34.4 Å². The van der Waals surface area contributed by atoms with Crippen LogP contribution in [0.1, 0.15) is 122 Å². The SMILES string of the molecule is CCCCCCCC/C=C\CCCCCCCCCCCC(=O)O[C@@H](CO)COP(=O)(O)OCC[N+](C)(C)C. The van der Waals surface area contributed by atoms with Gasteiger partial charge in [-0.05, 0) is 32.1 Å². The summed E-state index contributed by atoms with van der Waals surface area (Å²) in [6.07, 6.45) is 25.0. The lowest BCUT2D eigenvalue weighted by atomic mass is 10.1. The molecule has 8 nitrogen and oxygen atoms in total. The standard InChI is InChI=1S/C30H60NO7P/c1-5-6-7-8-9-10-11-12-13-14-15-16-17-18-19-20-21-22-23-24-30(33)38-29(27-32)28-37-39(34,35)36-26-25-31(2,3)4/h12-13,29,32H,5-11,14-28H2,1-4H3/p+1/b13-12-/t29-/m0/s1. The van der Waals surface area contributed by atoms with Crippen molar-refractivity contribution in [3.63, 3.8) is 0 Å². The van der Waals surface area contributed by atoms with Gasteiger partial charge in [0.25, 0.3) is 0 Å². The molecule has 2 atom stereocenters. The molecule has 0 amide bonds. The monoisotopic (exact) mass is 578 g/mol. The second-order valence-corrected chi connectivity index (χ2v) is 13.1. The zero-order valence-corrected chi connectivity index (χ0v) is 26.5. The summed E-state index contributed by atoms with van der Waals surface area (Å²) >= 11 is 0. The van der Waals surface area contributed by atoms with E-state index in [0.717, 1.165) is 19.3 Å². The molecule has 0 aromatic rings. The number of phosphoric acid groups is 1. The molecule has 0 aliphatic rings. The van der Waals surface area contributed by atoms with E-state index < -0.39 is 33.1 Å². The molecule has 2 N–H and O–H groups in total. The van der Waals surface area contributed by atoms with Crippen LogP contribution in [-0.4, -0.2) is 74.1 Å². The second-order valence-electron chi connectivity index (χ2n) is 11.7. The third kappa shape index (κ3) is 28.6. The van der Waals surface area contributed by atoms with Gasteiger partial charge in [-0.2, -0.15) is 0 Å². The van der Waals surface area contributed by atoms with E-state index in [2.05, 4.69) is 19.1 Å². The van der Waals surface area contributed by atoms with Crippen LogP contribution in [0.3, 0.4) is 0 Å². The van der Waals surface area contributed by atoms with Crippen molar-refractivity contribution in [1.29, 1.82) is 0 Å². The van der Waals surface area contributed by atoms with Gasteiger partial charge in [0, 0.05) is 6.42 Å². The van der Waals surface area contributed by atoms with Gasteiger partial charge in [-0.1, -0.05) is 96.1 Å². The van der Waals surface area contributed by atoms with Crippen LogP contribution in [0.15, 0.2) is 12.2 Å². The number of quaternary nitrogens is 1. The number of rotatable bonds is 28. The molecule has 0 spiro atoms. The number of allylic oxidation sites excluding steroid dienone is 2. The molecule has 9 heteroatoms. The van der Waals surface area contributed by atoms with Gasteiger partial charge in [-0.3, -0.25) is 13.8 Å². The number of likely N-dealkylation sites (N-methyl/N-ethyl adjacent to an activating group) is 1. The van der Waals surface area contributed by atoms with Crippen LogP contribution in [0, 0.1) is 0 Å². The van der Waals surface area contributed by atoms with Gasteiger partial charge < -0.3 is 19.2 Å². The van der Waals surface area contributed by atoms with Crippen molar-refractivity contribution in [3.05, 3.63) is 12.2 Å². The van der Waals surface area contributed by atoms with Gasteiger partial charge in [-0.25, -0.2) is 4.57 Å². The average Bonchev–Trinajstić information content (AvgIpc) is 2.87. The summed E-state index contributed by atoms with van der Waals surface area (Å²) in [4.78, 5) is 21.8. The first-order valence-electron chi connectivity index (χ1n) is 15.5. The number of aliphatic hydroxyl groups excluding tert-OH is 1. The minimum atomic E-state index is -4.26. The number of hydrogen-bond acceptors (Lipinski definition) is 6. The maximum Gasteiger partial charge on any atom is 0.472 e. The predicted octanol–water partition coefficient (Wildman–Crippen LogP) is 7.33. The fourth-order valence-electron chi connectivity index (χ4n) is 4.06. The molecule has 0 saturated carbocycles. The molecule has 1 unspecified atom stereocenters. The highest BCUT2D eigenvalue weighted by Crippen LogP contribution is 2.43. The highest BCUT2D eigenvalue weighted by molar-refractivity contribution is 7.47. The number of hydrogen-bond donors (Lipinski definition) is 2. The van der Waals surface area contributed by atoms with Gasteiger partial charge in [0.15, 0.2) is 0 Å². The molecular formula is C30H61NO7P+. The quantitative estimate of drug-likeness (QED) is 0.0329. The zero-order chi connectivity index (χ0) is 29.2. The van der Waals surface area contributed by atoms with Crippen LogP contribution in [-0.2, 0) is 23.1 Å². The van der Waals surface area contributed by atoms with Crippen molar-refractivity contribution >= 4 is 13.8 Å². The molecule has 232 valence electrons. The molecule has 0 aliphatic carbocycles. The second kappa shape index (κ2) is 25.0. The summed E-state index contributed by atoms with van der Waals surface area (Å²) in [6.45, 7) is 1.97. The molecule has 0 aromatic carbocycles. The highest BCUT2D eigenvalue weighted by atomic mass is 31.2. The van der Waals surface area contributed by atoms with Gasteiger partial charge in [-0.15, -0.1) is 0 Å². The van der Waals surface area contributed by atoms with Gasteiger partial charge >= 0.3 is 13.8 Å². The first-order valence-corrected chi connectivity index (χ1v) is 17.0. The maximum absolute atomic E-state index is 12.0. The Kier molecular flexibility index (Phi) is 24.5. The third-order valence-corrected chi connectivity index (χ3v) is 7.57.